The highest BCUT2D eigenvalue weighted by Gasteiger charge is 2.38. The minimum atomic E-state index is -1.40. The Morgan fingerprint density at radius 2 is 1.26 bits per heavy atom. The van der Waals surface area contributed by atoms with Gasteiger partial charge in [-0.2, -0.15) is 0 Å². The highest BCUT2D eigenvalue weighted by Crippen LogP contribution is 2.27. The van der Waals surface area contributed by atoms with Crippen LogP contribution in [0.15, 0.2) is 0 Å². The van der Waals surface area contributed by atoms with Crippen LogP contribution in [0.25, 0.3) is 0 Å². The molecule has 0 aromatic carbocycles. The molecule has 0 saturated heterocycles. The summed E-state index contributed by atoms with van der Waals surface area (Å²) >= 11 is 0. The molecule has 3 atom stereocenters. The molecular formula is C31H54N4O7. The van der Waals surface area contributed by atoms with Gasteiger partial charge >= 0.3 is 5.97 Å². The normalized spacial score (nSPS) is 16.3. The van der Waals surface area contributed by atoms with E-state index in [1.54, 1.807) is 20.8 Å². The summed E-state index contributed by atoms with van der Waals surface area (Å²) in [6.45, 7) is 15.4. The van der Waals surface area contributed by atoms with E-state index in [4.69, 9.17) is 0 Å². The van der Waals surface area contributed by atoms with Gasteiger partial charge in [-0.1, -0.05) is 68.2 Å². The lowest BCUT2D eigenvalue weighted by molar-refractivity contribution is -0.141. The molecule has 4 amide bonds. The van der Waals surface area contributed by atoms with Crippen LogP contribution in [0, 0.1) is 22.7 Å². The number of carbonyl (C=O) groups excluding carboxylic acids is 5. The molecule has 11 heteroatoms. The maximum atomic E-state index is 13.6. The lowest BCUT2D eigenvalue weighted by atomic mass is 9.85. The third-order valence-corrected chi connectivity index (χ3v) is 7.81. The Morgan fingerprint density at radius 3 is 1.74 bits per heavy atom. The summed E-state index contributed by atoms with van der Waals surface area (Å²) in [5, 5.41) is 20.0. The summed E-state index contributed by atoms with van der Waals surface area (Å²) in [5.74, 6) is -4.35. The van der Waals surface area contributed by atoms with E-state index in [0.29, 0.717) is 32.1 Å². The zero-order valence-electron chi connectivity index (χ0n) is 26.9. The first kappa shape index (κ1) is 37.0. The Labute approximate surface area is 251 Å². The van der Waals surface area contributed by atoms with E-state index in [-0.39, 0.29) is 41.9 Å². The predicted octanol–water partition coefficient (Wildman–Crippen LogP) is 3.10. The number of aliphatic carboxylic acids is 1. The van der Waals surface area contributed by atoms with Crippen molar-refractivity contribution in [2.24, 2.45) is 22.7 Å². The second-order valence-corrected chi connectivity index (χ2v) is 13.8. The van der Waals surface area contributed by atoms with Crippen LogP contribution in [-0.2, 0) is 28.8 Å². The smallest absolute Gasteiger partial charge is 0.305 e. The van der Waals surface area contributed by atoms with Crippen molar-refractivity contribution in [3.63, 3.8) is 0 Å². The standard InChI is InChI=1S/C31H54N4O7/c1-9-19(10-2)26(39)35-25(31(6,7)8)29(42)34-21(17-23(36)20-13-11-12-14-20)28(41)33-22(18-24(37)38)27(40)32-16-15-30(3,4)5/h19-22,25H,9-18H2,1-8H3,(H,32,40)(H,33,41)(H,34,42)(H,35,39)(H,37,38)/t21?,22-,25+/m0/s1. The monoisotopic (exact) mass is 594 g/mol. The molecule has 0 bridgehead atoms. The van der Waals surface area contributed by atoms with Crippen molar-refractivity contribution in [3.8, 4) is 0 Å². The van der Waals surface area contributed by atoms with Gasteiger partial charge in [-0.15, -0.1) is 0 Å². The number of rotatable bonds is 16. The first-order valence-corrected chi connectivity index (χ1v) is 15.3. The van der Waals surface area contributed by atoms with Crippen LogP contribution in [0.2, 0.25) is 0 Å². The molecule has 1 saturated carbocycles. The largest absolute Gasteiger partial charge is 0.481 e. The van der Waals surface area contributed by atoms with E-state index >= 15 is 0 Å². The van der Waals surface area contributed by atoms with Crippen LogP contribution in [0.3, 0.4) is 0 Å². The molecule has 240 valence electrons. The Bertz CT molecular complexity index is 957. The van der Waals surface area contributed by atoms with Crippen LogP contribution in [0.4, 0.5) is 0 Å². The first-order chi connectivity index (χ1) is 19.4. The summed E-state index contributed by atoms with van der Waals surface area (Å²) in [6.07, 6.45) is 4.09. The fourth-order valence-corrected chi connectivity index (χ4v) is 5.01. The molecule has 11 nitrogen and oxygen atoms in total. The second-order valence-electron chi connectivity index (χ2n) is 13.8. The molecule has 1 aliphatic rings. The van der Waals surface area contributed by atoms with Crippen molar-refractivity contribution in [1.82, 2.24) is 21.3 Å². The van der Waals surface area contributed by atoms with Gasteiger partial charge in [0.1, 0.15) is 23.9 Å². The van der Waals surface area contributed by atoms with Gasteiger partial charge in [-0.3, -0.25) is 28.8 Å². The summed E-state index contributed by atoms with van der Waals surface area (Å²) in [7, 11) is 0. The average molecular weight is 595 g/mol. The molecule has 5 N–H and O–H groups in total. The number of amides is 4. The third kappa shape index (κ3) is 12.9. The van der Waals surface area contributed by atoms with E-state index in [1.165, 1.54) is 0 Å². The minimum absolute atomic E-state index is 0.0674. The van der Waals surface area contributed by atoms with Gasteiger partial charge in [0.15, 0.2) is 0 Å². The third-order valence-electron chi connectivity index (χ3n) is 7.81. The van der Waals surface area contributed by atoms with Crippen LogP contribution >= 0.6 is 0 Å². The fourth-order valence-electron chi connectivity index (χ4n) is 5.01. The maximum absolute atomic E-state index is 13.6. The van der Waals surface area contributed by atoms with Gasteiger partial charge in [0.25, 0.3) is 0 Å². The predicted molar refractivity (Wildman–Crippen MR) is 160 cm³/mol. The summed E-state index contributed by atoms with van der Waals surface area (Å²) < 4.78 is 0. The van der Waals surface area contributed by atoms with Gasteiger partial charge < -0.3 is 26.4 Å². The van der Waals surface area contributed by atoms with E-state index in [2.05, 4.69) is 21.3 Å². The van der Waals surface area contributed by atoms with E-state index in [9.17, 15) is 33.9 Å². The zero-order chi connectivity index (χ0) is 32.3. The molecule has 0 aromatic heterocycles. The highest BCUT2D eigenvalue weighted by molar-refractivity contribution is 5.98. The van der Waals surface area contributed by atoms with Gasteiger partial charge in [0.05, 0.1) is 6.42 Å². The number of carboxylic acid groups (broad SMARTS) is 1. The van der Waals surface area contributed by atoms with Crippen LogP contribution in [0.1, 0.15) is 113 Å². The average Bonchev–Trinajstić information content (AvgIpc) is 3.40. The summed E-state index contributed by atoms with van der Waals surface area (Å²) in [6, 6.07) is -3.75. The zero-order valence-corrected chi connectivity index (χ0v) is 26.9. The Hall–Kier alpha value is -2.98. The van der Waals surface area contributed by atoms with E-state index < -0.39 is 53.7 Å². The molecule has 0 aromatic rings. The molecular weight excluding hydrogens is 540 g/mol. The van der Waals surface area contributed by atoms with Gasteiger partial charge in [-0.25, -0.2) is 0 Å². The summed E-state index contributed by atoms with van der Waals surface area (Å²) in [5.41, 5.74) is -0.789. The molecule has 1 aliphatic carbocycles. The fraction of sp³-hybridized carbons (Fsp3) is 0.806. The Balaban J connectivity index is 3.21. The van der Waals surface area contributed by atoms with E-state index in [1.807, 2.05) is 34.6 Å². The lowest BCUT2D eigenvalue weighted by Crippen LogP contribution is -2.60. The quantitative estimate of drug-likeness (QED) is 0.183. The van der Waals surface area contributed by atoms with Crippen LogP contribution in [0.5, 0.6) is 0 Å². The molecule has 0 aliphatic heterocycles. The van der Waals surface area contributed by atoms with Gasteiger partial charge in [0, 0.05) is 24.8 Å². The van der Waals surface area contributed by atoms with Crippen molar-refractivity contribution in [3.05, 3.63) is 0 Å². The molecule has 1 fully saturated rings. The van der Waals surface area contributed by atoms with Crippen molar-refractivity contribution in [1.29, 1.82) is 0 Å². The van der Waals surface area contributed by atoms with Gasteiger partial charge in [0.2, 0.25) is 23.6 Å². The maximum Gasteiger partial charge on any atom is 0.305 e. The molecule has 0 radical (unpaired) electrons. The van der Waals surface area contributed by atoms with Crippen molar-refractivity contribution in [2.45, 2.75) is 131 Å². The summed E-state index contributed by atoms with van der Waals surface area (Å²) in [4.78, 5) is 77.5. The SMILES string of the molecule is CCC(CC)C(=O)N[C@H](C(=O)NC(CC(=O)C1CCCC1)C(=O)N[C@@H](CC(=O)O)C(=O)NCCC(C)(C)C)C(C)(C)C. The Kier molecular flexibility index (Phi) is 14.6. The topological polar surface area (TPSA) is 171 Å². The number of carbonyl (C=O) groups is 6. The number of carboxylic acids is 1. The number of ketones is 1. The number of nitrogens with one attached hydrogen (secondary N) is 4. The van der Waals surface area contributed by atoms with Crippen LogP contribution < -0.4 is 21.3 Å². The molecule has 0 spiro atoms. The van der Waals surface area contributed by atoms with Crippen molar-refractivity contribution in [2.75, 3.05) is 6.54 Å². The van der Waals surface area contributed by atoms with Crippen molar-refractivity contribution < 1.29 is 33.9 Å². The van der Waals surface area contributed by atoms with E-state index in [0.717, 1.165) is 12.8 Å². The lowest BCUT2D eigenvalue weighted by Gasteiger charge is -2.33. The van der Waals surface area contributed by atoms with Crippen molar-refractivity contribution >= 4 is 35.4 Å². The number of hydrogen-bond acceptors (Lipinski definition) is 6. The minimum Gasteiger partial charge on any atom is -0.481 e. The second kappa shape index (κ2) is 16.6. The number of hydrogen-bond donors (Lipinski definition) is 5. The highest BCUT2D eigenvalue weighted by atomic mass is 16.4. The number of Topliss-reactive ketones (excluding diaryl/α,β-unsaturated/α-hetero) is 1. The Morgan fingerprint density at radius 1 is 0.738 bits per heavy atom. The van der Waals surface area contributed by atoms with Crippen LogP contribution in [-0.4, -0.2) is 65.2 Å². The molecule has 1 rings (SSSR count). The molecule has 1 unspecified atom stereocenters. The molecule has 42 heavy (non-hydrogen) atoms. The molecule has 0 heterocycles. The van der Waals surface area contributed by atoms with Gasteiger partial charge in [-0.05, 0) is 42.9 Å². The first-order valence-electron chi connectivity index (χ1n) is 15.3.